The molecule has 1 saturated heterocycles. The standard InChI is InChI=1S/C21H17ClF2N2O4S/c22-17-13-16(5-6-18(17)24)31(28,29)26-11-9-25(10-12-26)21(27)20-8-7-19(30-20)14-1-3-15(23)4-2-14/h1-8,13H,9-12H2. The van der Waals surface area contributed by atoms with Gasteiger partial charge in [-0.2, -0.15) is 4.31 Å². The normalized spacial score (nSPS) is 15.3. The van der Waals surface area contributed by atoms with Gasteiger partial charge < -0.3 is 9.32 Å². The van der Waals surface area contributed by atoms with Crippen LogP contribution in [0.3, 0.4) is 0 Å². The molecule has 1 aliphatic heterocycles. The van der Waals surface area contributed by atoms with E-state index in [1.54, 1.807) is 18.2 Å². The molecule has 1 fully saturated rings. The number of piperazine rings is 1. The van der Waals surface area contributed by atoms with Gasteiger partial charge in [0.25, 0.3) is 5.91 Å². The Kier molecular flexibility index (Phi) is 5.83. The van der Waals surface area contributed by atoms with Crippen molar-refractivity contribution in [2.24, 2.45) is 0 Å². The predicted octanol–water partition coefficient (Wildman–Crippen LogP) is 4.02. The van der Waals surface area contributed by atoms with Crippen molar-refractivity contribution in [3.63, 3.8) is 0 Å². The molecule has 2 heterocycles. The summed E-state index contributed by atoms with van der Waals surface area (Å²) >= 11 is 5.71. The van der Waals surface area contributed by atoms with E-state index in [-0.39, 0.29) is 53.6 Å². The summed E-state index contributed by atoms with van der Waals surface area (Å²) in [6, 6.07) is 12.1. The van der Waals surface area contributed by atoms with Crippen LogP contribution in [0.15, 0.2) is 63.9 Å². The third-order valence-electron chi connectivity index (χ3n) is 5.00. The molecule has 1 amide bonds. The van der Waals surface area contributed by atoms with E-state index in [2.05, 4.69) is 0 Å². The van der Waals surface area contributed by atoms with Crippen molar-refractivity contribution in [1.82, 2.24) is 9.21 Å². The average Bonchev–Trinajstić information content (AvgIpc) is 3.26. The van der Waals surface area contributed by atoms with Crippen molar-refractivity contribution in [1.29, 1.82) is 0 Å². The van der Waals surface area contributed by atoms with Crippen LogP contribution in [0.1, 0.15) is 10.6 Å². The number of sulfonamides is 1. The largest absolute Gasteiger partial charge is 0.451 e. The van der Waals surface area contributed by atoms with Crippen LogP contribution in [-0.2, 0) is 10.0 Å². The fourth-order valence-corrected chi connectivity index (χ4v) is 4.99. The third-order valence-corrected chi connectivity index (χ3v) is 7.18. The van der Waals surface area contributed by atoms with Gasteiger partial charge in [-0.25, -0.2) is 17.2 Å². The first-order chi connectivity index (χ1) is 14.8. The fraction of sp³-hybridized carbons (Fsp3) is 0.190. The number of hydrogen-bond donors (Lipinski definition) is 0. The van der Waals surface area contributed by atoms with Crippen LogP contribution in [0.2, 0.25) is 5.02 Å². The summed E-state index contributed by atoms with van der Waals surface area (Å²) in [5, 5.41) is -0.273. The summed E-state index contributed by atoms with van der Waals surface area (Å²) in [4.78, 5) is 14.1. The molecule has 10 heteroatoms. The first kappa shape index (κ1) is 21.5. The van der Waals surface area contributed by atoms with E-state index < -0.39 is 15.8 Å². The Morgan fingerprint density at radius 1 is 0.935 bits per heavy atom. The van der Waals surface area contributed by atoms with Crippen LogP contribution < -0.4 is 0 Å². The summed E-state index contributed by atoms with van der Waals surface area (Å²) in [5.74, 6) is -0.897. The Bertz CT molecular complexity index is 1220. The van der Waals surface area contributed by atoms with Crippen molar-refractivity contribution in [3.8, 4) is 11.3 Å². The molecular weight excluding hydrogens is 450 g/mol. The number of furan rings is 1. The zero-order valence-corrected chi connectivity index (χ0v) is 17.7. The zero-order valence-electron chi connectivity index (χ0n) is 16.1. The number of carbonyl (C=O) groups is 1. The van der Waals surface area contributed by atoms with E-state index >= 15 is 0 Å². The summed E-state index contributed by atoms with van der Waals surface area (Å²) in [5.41, 5.74) is 0.634. The van der Waals surface area contributed by atoms with Gasteiger partial charge in [-0.1, -0.05) is 11.6 Å². The van der Waals surface area contributed by atoms with E-state index in [1.807, 2.05) is 0 Å². The number of carbonyl (C=O) groups excluding carboxylic acids is 1. The van der Waals surface area contributed by atoms with E-state index in [1.165, 1.54) is 27.4 Å². The van der Waals surface area contributed by atoms with Crippen molar-refractivity contribution in [3.05, 3.63) is 77.0 Å². The monoisotopic (exact) mass is 466 g/mol. The predicted molar refractivity (Wildman–Crippen MR) is 110 cm³/mol. The topological polar surface area (TPSA) is 70.8 Å². The number of nitrogens with zero attached hydrogens (tertiary/aromatic N) is 2. The number of halogens is 3. The van der Waals surface area contributed by atoms with Crippen LogP contribution in [-0.4, -0.2) is 49.7 Å². The van der Waals surface area contributed by atoms with Gasteiger partial charge in [-0.3, -0.25) is 4.79 Å². The van der Waals surface area contributed by atoms with Crippen LogP contribution >= 0.6 is 11.6 Å². The molecule has 0 aliphatic carbocycles. The molecule has 6 nitrogen and oxygen atoms in total. The lowest BCUT2D eigenvalue weighted by molar-refractivity contribution is 0.0667. The molecule has 0 spiro atoms. The number of benzene rings is 2. The molecule has 0 unspecified atom stereocenters. The van der Waals surface area contributed by atoms with Gasteiger partial charge in [-0.15, -0.1) is 0 Å². The molecule has 0 bridgehead atoms. The maximum atomic E-state index is 13.3. The van der Waals surface area contributed by atoms with Gasteiger partial charge in [-0.05, 0) is 54.6 Å². The van der Waals surface area contributed by atoms with Crippen molar-refractivity contribution < 1.29 is 26.4 Å². The summed E-state index contributed by atoms with van der Waals surface area (Å²) < 4.78 is 58.8. The van der Waals surface area contributed by atoms with Gasteiger partial charge in [0.05, 0.1) is 9.92 Å². The number of hydrogen-bond acceptors (Lipinski definition) is 4. The maximum absolute atomic E-state index is 13.3. The Balaban J connectivity index is 1.43. The molecule has 2 aromatic carbocycles. The minimum atomic E-state index is -3.86. The molecule has 0 atom stereocenters. The van der Waals surface area contributed by atoms with Crippen LogP contribution in [0.5, 0.6) is 0 Å². The molecule has 162 valence electrons. The quantitative estimate of drug-likeness (QED) is 0.582. The van der Waals surface area contributed by atoms with Crippen molar-refractivity contribution in [2.75, 3.05) is 26.2 Å². The molecule has 0 radical (unpaired) electrons. The first-order valence-electron chi connectivity index (χ1n) is 9.36. The second kappa shape index (κ2) is 8.41. The second-order valence-electron chi connectivity index (χ2n) is 6.94. The van der Waals surface area contributed by atoms with E-state index in [9.17, 15) is 22.0 Å². The Labute approximate surface area is 182 Å². The molecule has 0 N–H and O–H groups in total. The molecule has 31 heavy (non-hydrogen) atoms. The smallest absolute Gasteiger partial charge is 0.289 e. The average molecular weight is 467 g/mol. The van der Waals surface area contributed by atoms with Gasteiger partial charge in [0, 0.05) is 31.7 Å². The highest BCUT2D eigenvalue weighted by Crippen LogP contribution is 2.25. The molecule has 1 aliphatic rings. The van der Waals surface area contributed by atoms with Crippen molar-refractivity contribution >= 4 is 27.5 Å². The van der Waals surface area contributed by atoms with Gasteiger partial charge in [0.15, 0.2) is 5.76 Å². The fourth-order valence-electron chi connectivity index (χ4n) is 3.30. The lowest BCUT2D eigenvalue weighted by atomic mass is 10.2. The van der Waals surface area contributed by atoms with E-state index in [4.69, 9.17) is 16.0 Å². The Morgan fingerprint density at radius 3 is 2.26 bits per heavy atom. The third kappa shape index (κ3) is 4.34. The highest BCUT2D eigenvalue weighted by atomic mass is 35.5. The zero-order chi connectivity index (χ0) is 22.2. The minimum absolute atomic E-state index is 0.0780. The summed E-state index contributed by atoms with van der Waals surface area (Å²) in [7, 11) is -3.86. The molecule has 0 saturated carbocycles. The Hall–Kier alpha value is -2.75. The lowest BCUT2D eigenvalue weighted by Crippen LogP contribution is -2.50. The SMILES string of the molecule is O=C(c1ccc(-c2ccc(F)cc2)o1)N1CCN(S(=O)(=O)c2ccc(F)c(Cl)c2)CC1. The maximum Gasteiger partial charge on any atom is 0.289 e. The molecule has 4 rings (SSSR count). The minimum Gasteiger partial charge on any atom is -0.451 e. The highest BCUT2D eigenvalue weighted by molar-refractivity contribution is 7.89. The van der Waals surface area contributed by atoms with Gasteiger partial charge in [0.1, 0.15) is 17.4 Å². The van der Waals surface area contributed by atoms with E-state index in [0.717, 1.165) is 18.2 Å². The molecule has 1 aromatic heterocycles. The van der Waals surface area contributed by atoms with Gasteiger partial charge >= 0.3 is 0 Å². The van der Waals surface area contributed by atoms with Crippen LogP contribution in [0, 0.1) is 11.6 Å². The van der Waals surface area contributed by atoms with Gasteiger partial charge in [0.2, 0.25) is 10.0 Å². The first-order valence-corrected chi connectivity index (χ1v) is 11.2. The van der Waals surface area contributed by atoms with Crippen molar-refractivity contribution in [2.45, 2.75) is 4.90 Å². The second-order valence-corrected chi connectivity index (χ2v) is 9.29. The highest BCUT2D eigenvalue weighted by Gasteiger charge is 2.31. The number of rotatable bonds is 4. The van der Waals surface area contributed by atoms with E-state index in [0.29, 0.717) is 11.3 Å². The van der Waals surface area contributed by atoms with Crippen LogP contribution in [0.4, 0.5) is 8.78 Å². The molecule has 3 aromatic rings. The summed E-state index contributed by atoms with van der Waals surface area (Å²) in [6.45, 7) is 0.488. The Morgan fingerprint density at radius 2 is 1.61 bits per heavy atom. The lowest BCUT2D eigenvalue weighted by Gasteiger charge is -2.33. The van der Waals surface area contributed by atoms with Crippen LogP contribution in [0.25, 0.3) is 11.3 Å². The number of amides is 1. The summed E-state index contributed by atoms with van der Waals surface area (Å²) in [6.07, 6.45) is 0. The molecular formula is C21H17ClF2N2O4S.